The van der Waals surface area contributed by atoms with Crippen molar-refractivity contribution in [3.63, 3.8) is 0 Å². The molecule has 1 saturated heterocycles. The zero-order chi connectivity index (χ0) is 33.4. The third-order valence-electron chi connectivity index (χ3n) is 7.80. The molecule has 3 aromatic rings. The number of benzene rings is 2. The van der Waals surface area contributed by atoms with Crippen molar-refractivity contribution in [2.75, 3.05) is 51.2 Å². The number of nitrogens with one attached hydrogen (secondary N) is 1. The Labute approximate surface area is 270 Å². The molecule has 2 aromatic carbocycles. The van der Waals surface area contributed by atoms with Crippen molar-refractivity contribution in [2.45, 2.75) is 31.5 Å². The molecule has 4 atom stereocenters. The number of nitrogens with zero attached hydrogens (tertiary/aromatic N) is 3. The first-order valence-corrected chi connectivity index (χ1v) is 18.3. The maximum atomic E-state index is 13.9. The van der Waals surface area contributed by atoms with Gasteiger partial charge in [0.2, 0.25) is 11.5 Å². The lowest BCUT2D eigenvalue weighted by Crippen LogP contribution is -2.39. The normalized spacial score (nSPS) is 22.0. The van der Waals surface area contributed by atoms with Crippen LogP contribution in [0.4, 0.5) is 15.9 Å². The fourth-order valence-electron chi connectivity index (χ4n) is 5.86. The van der Waals surface area contributed by atoms with E-state index in [0.717, 1.165) is 18.6 Å². The lowest BCUT2D eigenvalue weighted by atomic mass is 9.78. The lowest BCUT2D eigenvalue weighted by Gasteiger charge is -2.33. The summed E-state index contributed by atoms with van der Waals surface area (Å²) in [6, 6.07) is 4.42. The van der Waals surface area contributed by atoms with E-state index in [-0.39, 0.29) is 63.1 Å². The Kier molecular flexibility index (Phi) is 10.0. The van der Waals surface area contributed by atoms with Crippen molar-refractivity contribution in [3.8, 4) is 23.3 Å². The highest BCUT2D eigenvalue weighted by Crippen LogP contribution is 2.47. The second-order valence-corrected chi connectivity index (χ2v) is 14.9. The standard InChI is InChI=1S/C28H34ClFN4O10S2/c1-41-23-12-20-24(27(33-28(32-20)44-46(3,39)40)31-15-5-6-19(30)18(29)11-15)26(43-45(2,37)38)25(23)42-10-4-9-34-13-16-17(14-34)22(36)8-7-21(16)35/h5-6,11-12,16-17,21-22,35-36H,4,7-10,13-14H2,1-3H3,(H,31,32,33)/t16-,17+,21?,22?. The predicted molar refractivity (Wildman–Crippen MR) is 167 cm³/mol. The van der Waals surface area contributed by atoms with Gasteiger partial charge in [-0.1, -0.05) is 11.6 Å². The van der Waals surface area contributed by atoms with Gasteiger partial charge in [0.05, 0.1) is 54.4 Å². The minimum absolute atomic E-state index is 0.00140. The molecule has 252 valence electrons. The molecule has 18 heteroatoms. The van der Waals surface area contributed by atoms with Gasteiger partial charge in [0.25, 0.3) is 0 Å². The first-order valence-electron chi connectivity index (χ1n) is 14.3. The summed E-state index contributed by atoms with van der Waals surface area (Å²) in [7, 11) is -6.96. The quantitative estimate of drug-likeness (QED) is 0.184. The zero-order valence-corrected chi connectivity index (χ0v) is 27.5. The Bertz CT molecular complexity index is 1810. The average Bonchev–Trinajstić information content (AvgIpc) is 3.39. The van der Waals surface area contributed by atoms with Crippen LogP contribution in [0.25, 0.3) is 10.9 Å². The van der Waals surface area contributed by atoms with E-state index in [1.54, 1.807) is 0 Å². The van der Waals surface area contributed by atoms with Crippen molar-refractivity contribution in [2.24, 2.45) is 11.8 Å². The lowest BCUT2D eigenvalue weighted by molar-refractivity contribution is -0.0207. The topological polar surface area (TPSA) is 187 Å². The molecular weight excluding hydrogens is 671 g/mol. The van der Waals surface area contributed by atoms with Gasteiger partial charge >= 0.3 is 26.2 Å². The van der Waals surface area contributed by atoms with Crippen LogP contribution in [0.5, 0.6) is 23.3 Å². The predicted octanol–water partition coefficient (Wildman–Crippen LogP) is 2.68. The number of aliphatic hydroxyl groups is 2. The van der Waals surface area contributed by atoms with E-state index in [9.17, 15) is 31.4 Å². The Morgan fingerprint density at radius 2 is 1.65 bits per heavy atom. The fraction of sp³-hybridized carbons (Fsp3) is 0.500. The number of likely N-dealkylation sites (tertiary alicyclic amines) is 1. The molecule has 5 rings (SSSR count). The number of ether oxygens (including phenoxy) is 2. The smallest absolute Gasteiger partial charge is 0.335 e. The third-order valence-corrected chi connectivity index (χ3v) is 9.01. The van der Waals surface area contributed by atoms with E-state index >= 15 is 0 Å². The second-order valence-electron chi connectivity index (χ2n) is 11.3. The molecule has 2 fully saturated rings. The van der Waals surface area contributed by atoms with Gasteiger partial charge in [-0.05, 0) is 37.5 Å². The maximum Gasteiger partial charge on any atom is 0.335 e. The summed E-state index contributed by atoms with van der Waals surface area (Å²) < 4.78 is 84.5. The molecule has 1 aromatic heterocycles. The Hall–Kier alpha value is -3.22. The number of fused-ring (bicyclic) bond motifs is 2. The van der Waals surface area contributed by atoms with Crippen molar-refractivity contribution in [1.82, 2.24) is 14.9 Å². The van der Waals surface area contributed by atoms with Gasteiger partial charge in [-0.15, -0.1) is 0 Å². The van der Waals surface area contributed by atoms with E-state index in [1.807, 2.05) is 0 Å². The van der Waals surface area contributed by atoms with Crippen LogP contribution in [0.15, 0.2) is 24.3 Å². The molecule has 46 heavy (non-hydrogen) atoms. The number of rotatable bonds is 12. The molecule has 3 N–H and O–H groups in total. The van der Waals surface area contributed by atoms with Crippen molar-refractivity contribution in [3.05, 3.63) is 35.1 Å². The Morgan fingerprint density at radius 3 is 2.24 bits per heavy atom. The molecule has 0 amide bonds. The molecule has 0 bridgehead atoms. The number of aromatic nitrogens is 2. The van der Waals surface area contributed by atoms with Crippen LogP contribution in [0.1, 0.15) is 19.3 Å². The van der Waals surface area contributed by atoms with Gasteiger partial charge in [-0.25, -0.2) is 4.39 Å². The second kappa shape index (κ2) is 13.5. The first kappa shape index (κ1) is 34.1. The molecule has 0 radical (unpaired) electrons. The van der Waals surface area contributed by atoms with Gasteiger partial charge in [0, 0.05) is 43.2 Å². The highest BCUT2D eigenvalue weighted by molar-refractivity contribution is 7.86. The number of aliphatic hydroxyl groups excluding tert-OH is 2. The number of methoxy groups -OCH3 is 1. The third kappa shape index (κ3) is 8.01. The van der Waals surface area contributed by atoms with Crippen LogP contribution < -0.4 is 23.2 Å². The van der Waals surface area contributed by atoms with Crippen LogP contribution in [0.2, 0.25) is 5.02 Å². The summed E-state index contributed by atoms with van der Waals surface area (Å²) in [5.74, 6) is -1.29. The molecule has 2 aliphatic rings. The summed E-state index contributed by atoms with van der Waals surface area (Å²) >= 11 is 5.95. The van der Waals surface area contributed by atoms with Crippen LogP contribution in [-0.4, -0.2) is 100.0 Å². The number of hydrogen-bond donors (Lipinski definition) is 3. The summed E-state index contributed by atoms with van der Waals surface area (Å²) in [5, 5.41) is 23.4. The molecule has 1 saturated carbocycles. The van der Waals surface area contributed by atoms with Crippen molar-refractivity contribution >= 4 is 54.2 Å². The molecule has 1 aliphatic carbocycles. The molecule has 0 spiro atoms. The van der Waals surface area contributed by atoms with Crippen LogP contribution in [-0.2, 0) is 20.2 Å². The Morgan fingerprint density at radius 1 is 1.00 bits per heavy atom. The monoisotopic (exact) mass is 704 g/mol. The highest BCUT2D eigenvalue weighted by Gasteiger charge is 2.43. The van der Waals surface area contributed by atoms with E-state index in [1.165, 1.54) is 25.3 Å². The molecule has 2 unspecified atom stereocenters. The van der Waals surface area contributed by atoms with Gasteiger partial charge in [0.1, 0.15) is 11.6 Å². The van der Waals surface area contributed by atoms with Crippen molar-refractivity contribution in [1.29, 1.82) is 0 Å². The number of anilines is 2. The van der Waals surface area contributed by atoms with Crippen molar-refractivity contribution < 1.29 is 49.3 Å². The van der Waals surface area contributed by atoms with Gasteiger partial charge < -0.3 is 38.3 Å². The molecular formula is C28H34ClFN4O10S2. The molecule has 2 heterocycles. The SMILES string of the molecule is COc1cc2nc(OS(C)(=O)=O)nc(Nc3ccc(F)c(Cl)c3)c2c(OS(C)(=O)=O)c1OCCCN1C[C@@H]2C(O)CCC(O)[C@@H]2C1. The van der Waals surface area contributed by atoms with Crippen LogP contribution >= 0.6 is 11.6 Å². The first-order chi connectivity index (χ1) is 21.6. The Balaban J connectivity index is 1.50. The summed E-state index contributed by atoms with van der Waals surface area (Å²) in [5.41, 5.74) is 0.172. The van der Waals surface area contributed by atoms with Crippen LogP contribution in [0, 0.1) is 17.7 Å². The summed E-state index contributed by atoms with van der Waals surface area (Å²) in [4.78, 5) is 10.4. The number of hydrogen-bond acceptors (Lipinski definition) is 14. The summed E-state index contributed by atoms with van der Waals surface area (Å²) in [6.07, 6.45) is 2.34. The minimum Gasteiger partial charge on any atom is -0.493 e. The average molecular weight is 705 g/mol. The zero-order valence-electron chi connectivity index (χ0n) is 25.1. The largest absolute Gasteiger partial charge is 0.493 e. The fourth-order valence-corrected chi connectivity index (χ4v) is 6.85. The maximum absolute atomic E-state index is 13.9. The van der Waals surface area contributed by atoms with Crippen LogP contribution in [0.3, 0.4) is 0 Å². The van der Waals surface area contributed by atoms with Gasteiger partial charge in [-0.3, -0.25) is 0 Å². The van der Waals surface area contributed by atoms with E-state index in [0.29, 0.717) is 38.9 Å². The van der Waals surface area contributed by atoms with Gasteiger partial charge in [-0.2, -0.15) is 26.8 Å². The van der Waals surface area contributed by atoms with E-state index < -0.39 is 44.3 Å². The minimum atomic E-state index is -4.20. The molecule has 1 aliphatic heterocycles. The number of halogens is 2. The van der Waals surface area contributed by atoms with Gasteiger partial charge in [0.15, 0.2) is 5.75 Å². The van der Waals surface area contributed by atoms with E-state index in [4.69, 9.17) is 29.4 Å². The highest BCUT2D eigenvalue weighted by atomic mass is 35.5. The molecule has 14 nitrogen and oxygen atoms in total. The summed E-state index contributed by atoms with van der Waals surface area (Å²) in [6.45, 7) is 1.95. The van der Waals surface area contributed by atoms with E-state index in [2.05, 4.69) is 20.2 Å².